The Balaban J connectivity index is 1.66. The summed E-state index contributed by atoms with van der Waals surface area (Å²) in [5.74, 6) is -2.36. The number of carbonyl (C=O) groups is 1. The number of piperidine rings is 1. The van der Waals surface area contributed by atoms with E-state index in [2.05, 4.69) is 15.3 Å². The average Bonchev–Trinajstić information content (AvgIpc) is 2.78. The van der Waals surface area contributed by atoms with Crippen molar-refractivity contribution >= 4 is 23.4 Å². The number of rotatable bonds is 6. The summed E-state index contributed by atoms with van der Waals surface area (Å²) in [6.07, 6.45) is 3.84. The van der Waals surface area contributed by atoms with Crippen molar-refractivity contribution in [1.29, 1.82) is 0 Å². The summed E-state index contributed by atoms with van der Waals surface area (Å²) in [7, 11) is 0. The van der Waals surface area contributed by atoms with Crippen molar-refractivity contribution in [2.24, 2.45) is 11.5 Å². The summed E-state index contributed by atoms with van der Waals surface area (Å²) in [5, 5.41) is 3.24. The number of nitrogens with one attached hydrogen (secondary N) is 1. The van der Waals surface area contributed by atoms with Crippen LogP contribution in [0.4, 0.5) is 26.2 Å². The summed E-state index contributed by atoms with van der Waals surface area (Å²) >= 11 is 0. The summed E-state index contributed by atoms with van der Waals surface area (Å²) in [6, 6.07) is 3.81. The van der Waals surface area contributed by atoms with Gasteiger partial charge in [-0.2, -0.15) is 4.98 Å². The number of hydrogen-bond donors (Lipinski definition) is 3. The first-order valence-electron chi connectivity index (χ1n) is 12.0. The van der Waals surface area contributed by atoms with Gasteiger partial charge in [-0.1, -0.05) is 13.8 Å². The first-order chi connectivity index (χ1) is 16.1. The van der Waals surface area contributed by atoms with Crippen molar-refractivity contribution in [1.82, 2.24) is 15.0 Å². The molecule has 0 bridgehead atoms. The fraction of sp³-hybridized carbons (Fsp3) is 0.583. The van der Waals surface area contributed by atoms with Crippen LogP contribution >= 0.6 is 0 Å². The molecule has 3 heterocycles. The number of nitrogens with zero attached hydrogens (tertiary/aromatic N) is 4. The van der Waals surface area contributed by atoms with E-state index in [0.717, 1.165) is 30.8 Å². The topological polar surface area (TPSA) is 123 Å². The van der Waals surface area contributed by atoms with Crippen LogP contribution in [0.15, 0.2) is 18.3 Å². The van der Waals surface area contributed by atoms with Gasteiger partial charge in [0.25, 0.3) is 5.91 Å². The van der Waals surface area contributed by atoms with Crippen LogP contribution in [0.2, 0.25) is 0 Å². The second-order valence-corrected chi connectivity index (χ2v) is 9.76. The van der Waals surface area contributed by atoms with Gasteiger partial charge in [0.2, 0.25) is 11.9 Å². The maximum Gasteiger partial charge on any atom is 0.254 e. The Bertz CT molecular complexity index is 1040. The van der Waals surface area contributed by atoms with Gasteiger partial charge >= 0.3 is 0 Å². The summed E-state index contributed by atoms with van der Waals surface area (Å²) in [4.78, 5) is 27.8. The van der Waals surface area contributed by atoms with Crippen molar-refractivity contribution < 1.29 is 13.6 Å². The van der Waals surface area contributed by atoms with E-state index in [4.69, 9.17) is 16.5 Å². The Kier molecular flexibility index (Phi) is 6.97. The molecule has 1 aliphatic carbocycles. The summed E-state index contributed by atoms with van der Waals surface area (Å²) in [5.41, 5.74) is 14.2. The molecule has 0 spiro atoms. The van der Waals surface area contributed by atoms with Crippen LogP contribution in [-0.4, -0.2) is 45.9 Å². The Morgan fingerprint density at radius 2 is 1.94 bits per heavy atom. The number of pyridine rings is 1. The zero-order valence-electron chi connectivity index (χ0n) is 19.7. The molecule has 10 heteroatoms. The lowest BCUT2D eigenvalue weighted by molar-refractivity contribution is -0.0384. The molecule has 5 N–H and O–H groups in total. The van der Waals surface area contributed by atoms with Crippen molar-refractivity contribution in [2.75, 3.05) is 23.3 Å². The fourth-order valence-electron chi connectivity index (χ4n) is 4.62. The summed E-state index contributed by atoms with van der Waals surface area (Å²) in [6.45, 7) is 5.48. The smallest absolute Gasteiger partial charge is 0.254 e. The predicted octanol–water partition coefficient (Wildman–Crippen LogP) is 4.06. The van der Waals surface area contributed by atoms with Gasteiger partial charge in [-0.15, -0.1) is 0 Å². The van der Waals surface area contributed by atoms with Gasteiger partial charge in [0.15, 0.2) is 0 Å². The predicted molar refractivity (Wildman–Crippen MR) is 128 cm³/mol. The van der Waals surface area contributed by atoms with Crippen LogP contribution in [0.25, 0.3) is 0 Å². The molecule has 184 valence electrons. The molecule has 34 heavy (non-hydrogen) atoms. The van der Waals surface area contributed by atoms with Gasteiger partial charge in [-0.25, -0.2) is 13.8 Å². The Hall–Kier alpha value is -2.88. The number of hydrogen-bond acceptors (Lipinski definition) is 7. The molecule has 1 unspecified atom stereocenters. The highest BCUT2D eigenvalue weighted by Crippen LogP contribution is 2.41. The highest BCUT2D eigenvalue weighted by molar-refractivity contribution is 5.98. The van der Waals surface area contributed by atoms with E-state index in [0.29, 0.717) is 36.8 Å². The number of halogens is 2. The van der Waals surface area contributed by atoms with E-state index in [1.165, 1.54) is 6.20 Å². The van der Waals surface area contributed by atoms with E-state index >= 15 is 0 Å². The van der Waals surface area contributed by atoms with Gasteiger partial charge in [0.1, 0.15) is 11.4 Å². The number of alkyl halides is 2. The van der Waals surface area contributed by atoms with Crippen LogP contribution < -0.4 is 21.7 Å². The third-order valence-corrected chi connectivity index (χ3v) is 6.64. The second-order valence-electron chi connectivity index (χ2n) is 9.76. The van der Waals surface area contributed by atoms with E-state index in [1.54, 1.807) is 0 Å². The molecular weight excluding hydrogens is 440 g/mol. The SMILES string of the molecule is CC(C)c1cc(Nc2nc(N3CCCC(N)C3)ncc2C(N)=O)cc(C2CCC(F)(F)CC2)n1. The zero-order valence-corrected chi connectivity index (χ0v) is 19.7. The first-order valence-corrected chi connectivity index (χ1v) is 12.0. The highest BCUT2D eigenvalue weighted by Gasteiger charge is 2.36. The molecule has 0 aromatic carbocycles. The number of amides is 1. The molecule has 4 rings (SSSR count). The molecule has 1 aliphatic heterocycles. The first kappa shape index (κ1) is 24.3. The number of nitrogens with two attached hydrogens (primary N) is 2. The van der Waals surface area contributed by atoms with Crippen molar-refractivity contribution in [3.63, 3.8) is 0 Å². The van der Waals surface area contributed by atoms with E-state index in [-0.39, 0.29) is 36.3 Å². The minimum absolute atomic E-state index is 0.0368. The average molecular weight is 474 g/mol. The lowest BCUT2D eigenvalue weighted by Crippen LogP contribution is -2.43. The maximum atomic E-state index is 13.7. The van der Waals surface area contributed by atoms with E-state index in [9.17, 15) is 13.6 Å². The van der Waals surface area contributed by atoms with Crippen LogP contribution in [0.1, 0.15) is 86.0 Å². The maximum absolute atomic E-state index is 13.7. The van der Waals surface area contributed by atoms with Gasteiger partial charge in [-0.05, 0) is 43.7 Å². The molecule has 1 saturated heterocycles. The monoisotopic (exact) mass is 473 g/mol. The van der Waals surface area contributed by atoms with Gasteiger partial charge in [-0.3, -0.25) is 9.78 Å². The Morgan fingerprint density at radius 3 is 2.59 bits per heavy atom. The van der Waals surface area contributed by atoms with Gasteiger partial charge < -0.3 is 21.7 Å². The second kappa shape index (κ2) is 9.77. The number of anilines is 3. The quantitative estimate of drug-likeness (QED) is 0.578. The minimum Gasteiger partial charge on any atom is -0.365 e. The zero-order chi connectivity index (χ0) is 24.5. The Morgan fingerprint density at radius 1 is 1.21 bits per heavy atom. The van der Waals surface area contributed by atoms with Crippen LogP contribution in [0, 0.1) is 0 Å². The third kappa shape index (κ3) is 5.60. The molecule has 2 aromatic rings. The van der Waals surface area contributed by atoms with Crippen LogP contribution in [0.3, 0.4) is 0 Å². The summed E-state index contributed by atoms with van der Waals surface area (Å²) < 4.78 is 27.4. The third-order valence-electron chi connectivity index (χ3n) is 6.64. The Labute approximate surface area is 198 Å². The van der Waals surface area contributed by atoms with Crippen molar-refractivity contribution in [2.45, 2.75) is 76.2 Å². The van der Waals surface area contributed by atoms with Crippen molar-refractivity contribution in [3.8, 4) is 0 Å². The molecule has 2 fully saturated rings. The van der Waals surface area contributed by atoms with E-state index < -0.39 is 11.8 Å². The molecule has 0 radical (unpaired) electrons. The largest absolute Gasteiger partial charge is 0.365 e. The molecule has 8 nitrogen and oxygen atoms in total. The van der Waals surface area contributed by atoms with Crippen LogP contribution in [0.5, 0.6) is 0 Å². The standard InChI is InChI=1S/C24H33F2N7O/c1-14(2)19-10-17(11-20(31-19)15-5-7-24(25,26)8-6-15)30-22-18(21(28)34)12-29-23(32-22)33-9-3-4-16(27)13-33/h10-12,14-16H,3-9,13,27H2,1-2H3,(H2,28,34)(H,29,30,31,32). The highest BCUT2D eigenvalue weighted by atomic mass is 19.3. The van der Waals surface area contributed by atoms with Crippen molar-refractivity contribution in [3.05, 3.63) is 35.3 Å². The lowest BCUT2D eigenvalue weighted by Gasteiger charge is -2.31. The molecule has 2 aromatic heterocycles. The molecular formula is C24H33F2N7O. The lowest BCUT2D eigenvalue weighted by atomic mass is 9.84. The molecule has 1 amide bonds. The van der Waals surface area contributed by atoms with Crippen LogP contribution in [-0.2, 0) is 0 Å². The van der Waals surface area contributed by atoms with E-state index in [1.807, 2.05) is 30.9 Å². The number of carbonyl (C=O) groups excluding carboxylic acids is 1. The van der Waals surface area contributed by atoms with Gasteiger partial charge in [0.05, 0.1) is 0 Å². The minimum atomic E-state index is -2.60. The normalized spacial score (nSPS) is 21.0. The molecule has 1 saturated carbocycles. The van der Waals surface area contributed by atoms with Gasteiger partial charge in [0, 0.05) is 61.2 Å². The number of primary amides is 1. The molecule has 2 aliphatic rings. The fourth-order valence-corrected chi connectivity index (χ4v) is 4.62. The molecule has 1 atom stereocenters. The number of aromatic nitrogens is 3.